The maximum Gasteiger partial charge on any atom is 0.442 e. The Kier molecular flexibility index (Phi) is 16.0. The molecule has 0 radical (unpaired) electrons. The Morgan fingerprint density at radius 3 is 1.45 bits per heavy atom. The fourth-order valence-electron chi connectivity index (χ4n) is 3.75. The number of hydrogen-bond acceptors (Lipinski definition) is 10. The van der Waals surface area contributed by atoms with E-state index in [-0.39, 0.29) is 42.0 Å². The van der Waals surface area contributed by atoms with Gasteiger partial charge in [-0.2, -0.15) is 36.6 Å². The number of methoxy groups -OCH3 is 1. The summed E-state index contributed by atoms with van der Waals surface area (Å²) in [6.07, 6.45) is -5.93. The minimum Gasteiger partial charge on any atom is -0.469 e. The Morgan fingerprint density at radius 1 is 0.725 bits per heavy atom. The van der Waals surface area contributed by atoms with Gasteiger partial charge in [0, 0.05) is 49.5 Å². The molecule has 0 aromatic heterocycles. The van der Waals surface area contributed by atoms with E-state index in [0.717, 1.165) is 31.4 Å². The lowest BCUT2D eigenvalue weighted by atomic mass is 10.0. The van der Waals surface area contributed by atoms with Crippen LogP contribution in [0.4, 0.5) is 26.3 Å². The zero-order valence-electron chi connectivity index (χ0n) is 28.4. The van der Waals surface area contributed by atoms with E-state index in [0.29, 0.717) is 18.5 Å². The summed E-state index contributed by atoms with van der Waals surface area (Å²) in [5.41, 5.74) is -3.71. The van der Waals surface area contributed by atoms with Gasteiger partial charge in [0.05, 0.1) is 7.11 Å². The van der Waals surface area contributed by atoms with Crippen LogP contribution in [0.2, 0.25) is 0 Å². The molecule has 3 heterocycles. The van der Waals surface area contributed by atoms with Gasteiger partial charge < -0.3 is 15.4 Å². The van der Waals surface area contributed by atoms with Gasteiger partial charge in [0.1, 0.15) is 0 Å². The minimum absolute atomic E-state index is 0. The first-order valence-electron chi connectivity index (χ1n) is 15.5. The number of ether oxygens (including phenoxy) is 1. The molecule has 0 saturated heterocycles. The molecule has 2 aromatic carbocycles. The van der Waals surface area contributed by atoms with Gasteiger partial charge in [-0.05, 0) is 38.8 Å². The predicted octanol–water partition coefficient (Wildman–Crippen LogP) is 8.47. The Morgan fingerprint density at radius 2 is 1.12 bits per heavy atom. The molecule has 3 aliphatic heterocycles. The van der Waals surface area contributed by atoms with Gasteiger partial charge >= 0.3 is 29.6 Å². The molecular formula is C33H44F6N8O4. The van der Waals surface area contributed by atoms with Crippen LogP contribution in [-0.2, 0) is 25.7 Å². The summed E-state index contributed by atoms with van der Waals surface area (Å²) >= 11 is 0. The molecule has 2 N–H and O–H groups in total. The van der Waals surface area contributed by atoms with Gasteiger partial charge in [-0.3, -0.25) is 14.4 Å². The molecule has 282 valence electrons. The Hall–Kier alpha value is -4.77. The summed E-state index contributed by atoms with van der Waals surface area (Å²) in [6.45, 7) is 10.3. The van der Waals surface area contributed by atoms with E-state index in [1.54, 1.807) is 12.1 Å². The van der Waals surface area contributed by atoms with Gasteiger partial charge in [0.25, 0.3) is 5.91 Å². The van der Waals surface area contributed by atoms with Crippen molar-refractivity contribution < 1.29 is 45.5 Å². The molecule has 2 aromatic rings. The topological polar surface area (TPSA) is 159 Å². The average Bonchev–Trinajstić information content (AvgIpc) is 3.94. The highest BCUT2D eigenvalue weighted by atomic mass is 19.4. The van der Waals surface area contributed by atoms with Crippen molar-refractivity contribution in [3.05, 3.63) is 70.8 Å². The quantitative estimate of drug-likeness (QED) is 0.186. The van der Waals surface area contributed by atoms with Crippen LogP contribution in [-0.4, -0.2) is 56.0 Å². The number of rotatable bonds is 10. The Labute approximate surface area is 292 Å². The fourth-order valence-corrected chi connectivity index (χ4v) is 3.75. The molecule has 0 saturated carbocycles. The molecule has 3 aliphatic rings. The average molecular weight is 731 g/mol. The molecule has 12 nitrogen and oxygen atoms in total. The number of hydrogen-bond donors (Lipinski definition) is 2. The van der Waals surface area contributed by atoms with Crippen molar-refractivity contribution in [2.24, 2.45) is 30.7 Å². The van der Waals surface area contributed by atoms with E-state index in [1.165, 1.54) is 50.4 Å². The van der Waals surface area contributed by atoms with Gasteiger partial charge in [0.2, 0.25) is 5.91 Å². The number of alkyl halides is 6. The lowest BCUT2D eigenvalue weighted by molar-refractivity contribution is -0.166. The van der Waals surface area contributed by atoms with Crippen molar-refractivity contribution in [1.29, 1.82) is 0 Å². The second-order valence-corrected chi connectivity index (χ2v) is 11.4. The van der Waals surface area contributed by atoms with Crippen LogP contribution in [0.1, 0.15) is 87.9 Å². The van der Waals surface area contributed by atoms with E-state index in [2.05, 4.69) is 46.1 Å². The van der Waals surface area contributed by atoms with Gasteiger partial charge in [-0.15, -0.1) is 20.5 Å². The van der Waals surface area contributed by atoms with Gasteiger partial charge in [0.15, 0.2) is 5.66 Å². The van der Waals surface area contributed by atoms with Crippen LogP contribution in [0.3, 0.4) is 0 Å². The smallest absolute Gasteiger partial charge is 0.442 e. The molecule has 0 fully saturated rings. The highest BCUT2D eigenvalue weighted by Gasteiger charge is 2.65. The summed E-state index contributed by atoms with van der Waals surface area (Å²) in [5, 5.41) is 25.5. The van der Waals surface area contributed by atoms with Crippen LogP contribution >= 0.6 is 0 Å². The standard InChI is InChI=1S/C12H12F3N3O.C9H7F3N2.C8H15N3O.C3H6O2.CH4/c1-2-7-16-10(19)8-3-5-9(6-4-8)11(17-18-11)12(13,14)15;1-6-2-4-7(5-3-6)8(13-14-8)9(10,11)12;1-3-6-9-7(12)4-5-8(2)10-11-8;1-3(4)5-2;/h3-6H,2,7H2,1H3,(H,16,19);2-5H,1H3;3-6H2,1-2H3,(H,9,12);1-2H3;1H4. The minimum atomic E-state index is -4.54. The monoisotopic (exact) mass is 730 g/mol. The molecule has 5 rings (SSSR count). The molecule has 18 heteroatoms. The maximum absolute atomic E-state index is 12.7. The van der Waals surface area contributed by atoms with Crippen LogP contribution in [0, 0.1) is 6.92 Å². The van der Waals surface area contributed by atoms with Crippen LogP contribution in [0.5, 0.6) is 0 Å². The predicted molar refractivity (Wildman–Crippen MR) is 176 cm³/mol. The number of nitrogens with zero attached hydrogens (tertiary/aromatic N) is 6. The highest BCUT2D eigenvalue weighted by molar-refractivity contribution is 5.94. The van der Waals surface area contributed by atoms with Crippen molar-refractivity contribution in [3.63, 3.8) is 0 Å². The van der Waals surface area contributed by atoms with E-state index in [9.17, 15) is 40.7 Å². The van der Waals surface area contributed by atoms with Crippen molar-refractivity contribution in [2.75, 3.05) is 20.2 Å². The number of nitrogens with one attached hydrogen (secondary N) is 2. The molecule has 2 amide bonds. The normalized spacial score (nSPS) is 15.8. The largest absolute Gasteiger partial charge is 0.469 e. The lowest BCUT2D eigenvalue weighted by Gasteiger charge is -2.14. The summed E-state index contributed by atoms with van der Waals surface area (Å²) in [4.78, 5) is 32.3. The first kappa shape index (κ1) is 44.3. The number of halogens is 6. The maximum atomic E-state index is 12.7. The third kappa shape index (κ3) is 13.1. The van der Waals surface area contributed by atoms with Crippen LogP contribution in [0.15, 0.2) is 79.2 Å². The van der Waals surface area contributed by atoms with Crippen molar-refractivity contribution in [2.45, 2.75) is 97.1 Å². The van der Waals surface area contributed by atoms with Crippen molar-refractivity contribution in [3.8, 4) is 0 Å². The number of carbonyl (C=O) groups is 3. The molecule has 51 heavy (non-hydrogen) atoms. The summed E-state index contributed by atoms with van der Waals surface area (Å²) in [6, 6.07) is 11.2. The molecule has 0 bridgehead atoms. The molecule has 0 atom stereocenters. The van der Waals surface area contributed by atoms with Gasteiger partial charge in [-0.25, -0.2) is 0 Å². The number of benzene rings is 2. The second kappa shape index (κ2) is 18.5. The Balaban J connectivity index is 0.000000363. The summed E-state index contributed by atoms with van der Waals surface area (Å²) in [7, 11) is 1.35. The number of amides is 2. The van der Waals surface area contributed by atoms with E-state index in [1.807, 2.05) is 27.7 Å². The molecule has 0 aliphatic carbocycles. The summed E-state index contributed by atoms with van der Waals surface area (Å²) in [5.74, 6) is -0.445. The first-order valence-corrected chi connectivity index (χ1v) is 15.5. The van der Waals surface area contributed by atoms with E-state index >= 15 is 0 Å². The van der Waals surface area contributed by atoms with Crippen molar-refractivity contribution in [1.82, 2.24) is 10.6 Å². The first-order chi connectivity index (χ1) is 23.3. The van der Waals surface area contributed by atoms with E-state index < -0.39 is 23.7 Å². The third-order valence-electron chi connectivity index (χ3n) is 7.06. The third-order valence-corrected chi connectivity index (χ3v) is 7.06. The molecular weight excluding hydrogens is 686 g/mol. The molecule has 0 spiro atoms. The van der Waals surface area contributed by atoms with Crippen molar-refractivity contribution >= 4 is 17.8 Å². The molecule has 0 unspecified atom stereocenters. The van der Waals surface area contributed by atoms with Crippen LogP contribution in [0.25, 0.3) is 0 Å². The summed E-state index contributed by atoms with van der Waals surface area (Å²) < 4.78 is 79.8. The zero-order valence-corrected chi connectivity index (χ0v) is 28.4. The fraction of sp³-hybridized carbons (Fsp3) is 0.545. The Bertz CT molecular complexity index is 1520. The number of aryl methyl sites for hydroxylation is 1. The van der Waals surface area contributed by atoms with Crippen LogP contribution < -0.4 is 10.6 Å². The zero-order chi connectivity index (χ0) is 37.8. The number of esters is 1. The van der Waals surface area contributed by atoms with Gasteiger partial charge in [-0.1, -0.05) is 63.2 Å². The lowest BCUT2D eigenvalue weighted by Crippen LogP contribution is -2.30. The highest BCUT2D eigenvalue weighted by Crippen LogP contribution is 2.53. The SMILES string of the molecule is C.CCCNC(=O)CCC1(C)N=N1.CCCNC(=O)c1ccc(C2(C(F)(F)F)N=N2)cc1.COC(C)=O.Cc1ccc(C2(C(F)(F)F)N=N2)cc1. The number of carbonyl (C=O) groups excluding carboxylic acids is 3. The second-order valence-electron chi connectivity index (χ2n) is 11.4. The van der Waals surface area contributed by atoms with E-state index in [4.69, 9.17) is 0 Å².